The molecule has 0 aliphatic rings. The second-order valence-electron chi connectivity index (χ2n) is 4.98. The molecule has 0 bridgehead atoms. The van der Waals surface area contributed by atoms with Gasteiger partial charge in [-0.15, -0.1) is 0 Å². The van der Waals surface area contributed by atoms with Gasteiger partial charge in [-0.25, -0.2) is 8.42 Å². The minimum Gasteiger partial charge on any atom is -0.387 e. The summed E-state index contributed by atoms with van der Waals surface area (Å²) >= 11 is 5.83. The molecule has 0 radical (unpaired) electrons. The molecule has 0 saturated heterocycles. The van der Waals surface area contributed by atoms with Gasteiger partial charge < -0.3 is 9.63 Å². The lowest BCUT2D eigenvalue weighted by Gasteiger charge is -2.11. The Balaban J connectivity index is 2.03. The SMILES string of the molecule is CCCc1noc(CS(=O)(=O)CC(O)c2cccc(Cl)c2)n1. The average Bonchev–Trinajstić information content (AvgIpc) is 2.85. The van der Waals surface area contributed by atoms with Gasteiger partial charge in [0.25, 0.3) is 0 Å². The third-order valence-electron chi connectivity index (χ3n) is 2.97. The van der Waals surface area contributed by atoms with E-state index in [4.69, 9.17) is 16.1 Å². The van der Waals surface area contributed by atoms with Gasteiger partial charge in [0.15, 0.2) is 15.7 Å². The molecule has 1 heterocycles. The molecule has 2 aromatic rings. The fourth-order valence-electron chi connectivity index (χ4n) is 1.97. The van der Waals surface area contributed by atoms with Crippen LogP contribution < -0.4 is 0 Å². The van der Waals surface area contributed by atoms with Crippen molar-refractivity contribution in [3.63, 3.8) is 0 Å². The second kappa shape index (κ2) is 7.21. The molecule has 1 unspecified atom stereocenters. The summed E-state index contributed by atoms with van der Waals surface area (Å²) in [6.07, 6.45) is 0.329. The van der Waals surface area contributed by atoms with Crippen molar-refractivity contribution in [1.29, 1.82) is 0 Å². The number of hydrogen-bond donors (Lipinski definition) is 1. The van der Waals surface area contributed by atoms with Crippen LogP contribution in [0.2, 0.25) is 5.02 Å². The van der Waals surface area contributed by atoms with Crippen molar-refractivity contribution < 1.29 is 18.0 Å². The topological polar surface area (TPSA) is 93.3 Å². The van der Waals surface area contributed by atoms with Crippen molar-refractivity contribution >= 4 is 21.4 Å². The van der Waals surface area contributed by atoms with E-state index in [9.17, 15) is 13.5 Å². The maximum atomic E-state index is 12.1. The van der Waals surface area contributed by atoms with Gasteiger partial charge in [0.05, 0.1) is 11.9 Å². The first-order valence-corrected chi connectivity index (χ1v) is 9.05. The van der Waals surface area contributed by atoms with Crippen molar-refractivity contribution in [2.75, 3.05) is 5.75 Å². The van der Waals surface area contributed by atoms with Crippen LogP contribution in [0.4, 0.5) is 0 Å². The molecule has 8 heteroatoms. The van der Waals surface area contributed by atoms with Gasteiger partial charge in [-0.05, 0) is 24.1 Å². The van der Waals surface area contributed by atoms with Crippen molar-refractivity contribution in [2.45, 2.75) is 31.6 Å². The van der Waals surface area contributed by atoms with E-state index in [2.05, 4.69) is 10.1 Å². The second-order valence-corrected chi connectivity index (χ2v) is 7.53. The number of aliphatic hydroxyl groups is 1. The van der Waals surface area contributed by atoms with Gasteiger partial charge in [-0.3, -0.25) is 0 Å². The molecule has 0 aliphatic heterocycles. The zero-order valence-corrected chi connectivity index (χ0v) is 13.6. The van der Waals surface area contributed by atoms with Crippen LogP contribution in [-0.2, 0) is 22.0 Å². The third-order valence-corrected chi connectivity index (χ3v) is 4.72. The van der Waals surface area contributed by atoms with E-state index < -0.39 is 21.7 Å². The summed E-state index contributed by atoms with van der Waals surface area (Å²) < 4.78 is 29.1. The van der Waals surface area contributed by atoms with Crippen LogP contribution in [0.15, 0.2) is 28.8 Å². The number of aryl methyl sites for hydroxylation is 1. The van der Waals surface area contributed by atoms with Gasteiger partial charge in [0.2, 0.25) is 5.89 Å². The Bertz CT molecular complexity index is 730. The van der Waals surface area contributed by atoms with E-state index >= 15 is 0 Å². The highest BCUT2D eigenvalue weighted by Crippen LogP contribution is 2.20. The highest BCUT2D eigenvalue weighted by molar-refractivity contribution is 7.90. The summed E-state index contributed by atoms with van der Waals surface area (Å²) in [5, 5.41) is 14.2. The number of aliphatic hydroxyl groups excluding tert-OH is 1. The highest BCUT2D eigenvalue weighted by atomic mass is 35.5. The molecular formula is C14H17ClN2O4S. The largest absolute Gasteiger partial charge is 0.387 e. The Morgan fingerprint density at radius 3 is 2.86 bits per heavy atom. The van der Waals surface area contributed by atoms with Gasteiger partial charge in [0, 0.05) is 11.4 Å². The number of sulfone groups is 1. The Morgan fingerprint density at radius 1 is 1.41 bits per heavy atom. The van der Waals surface area contributed by atoms with Gasteiger partial charge >= 0.3 is 0 Å². The zero-order chi connectivity index (χ0) is 16.2. The lowest BCUT2D eigenvalue weighted by molar-refractivity contribution is 0.201. The zero-order valence-electron chi connectivity index (χ0n) is 12.1. The van der Waals surface area contributed by atoms with E-state index in [1.807, 2.05) is 6.92 Å². The smallest absolute Gasteiger partial charge is 0.241 e. The lowest BCUT2D eigenvalue weighted by atomic mass is 10.1. The summed E-state index contributed by atoms with van der Waals surface area (Å²) in [4.78, 5) is 4.02. The molecular weight excluding hydrogens is 328 g/mol. The molecule has 1 aromatic carbocycles. The number of hydrogen-bond acceptors (Lipinski definition) is 6. The fourth-order valence-corrected chi connectivity index (χ4v) is 3.46. The molecule has 1 N–H and O–H groups in total. The highest BCUT2D eigenvalue weighted by Gasteiger charge is 2.22. The van der Waals surface area contributed by atoms with Crippen LogP contribution >= 0.6 is 11.6 Å². The average molecular weight is 345 g/mol. The van der Waals surface area contributed by atoms with Gasteiger partial charge in [-0.2, -0.15) is 4.98 Å². The molecule has 22 heavy (non-hydrogen) atoms. The molecule has 6 nitrogen and oxygen atoms in total. The van der Waals surface area contributed by atoms with E-state index in [1.54, 1.807) is 18.2 Å². The normalized spacial score (nSPS) is 13.2. The van der Waals surface area contributed by atoms with E-state index in [0.29, 0.717) is 22.8 Å². The quantitative estimate of drug-likeness (QED) is 0.828. The molecule has 1 atom stereocenters. The van der Waals surface area contributed by atoms with E-state index in [-0.39, 0.29) is 11.6 Å². The summed E-state index contributed by atoms with van der Waals surface area (Å²) in [7, 11) is -3.59. The summed E-state index contributed by atoms with van der Waals surface area (Å²) in [6.45, 7) is 1.97. The molecule has 0 amide bonds. The number of benzene rings is 1. The standard InChI is InChI=1S/C14H17ClN2O4S/c1-2-4-13-16-14(21-17-13)9-22(19,20)8-12(18)10-5-3-6-11(15)7-10/h3,5-7,12,18H,2,4,8-9H2,1H3. The monoisotopic (exact) mass is 344 g/mol. The molecule has 0 fully saturated rings. The number of halogens is 1. The van der Waals surface area contributed by atoms with Gasteiger partial charge in [-0.1, -0.05) is 35.8 Å². The predicted molar refractivity (Wildman–Crippen MR) is 82.2 cm³/mol. The summed E-state index contributed by atoms with van der Waals surface area (Å²) in [5.74, 6) is -0.287. The van der Waals surface area contributed by atoms with Crippen molar-refractivity contribution in [3.05, 3.63) is 46.6 Å². The van der Waals surface area contributed by atoms with Gasteiger partial charge in [0.1, 0.15) is 5.75 Å². The minimum absolute atomic E-state index is 0.0433. The van der Waals surface area contributed by atoms with E-state index in [1.165, 1.54) is 6.07 Å². The first-order chi connectivity index (χ1) is 10.4. The van der Waals surface area contributed by atoms with Crippen molar-refractivity contribution in [1.82, 2.24) is 10.1 Å². The molecule has 120 valence electrons. The predicted octanol–water partition coefficient (Wildman–Crippen LogP) is 2.32. The summed E-state index contributed by atoms with van der Waals surface area (Å²) in [5.41, 5.74) is 0.452. The van der Waals surface area contributed by atoms with Crippen LogP contribution in [0.25, 0.3) is 0 Å². The summed E-state index contributed by atoms with van der Waals surface area (Å²) in [6, 6.07) is 6.47. The Morgan fingerprint density at radius 2 is 2.18 bits per heavy atom. The first kappa shape index (κ1) is 16.9. The molecule has 2 rings (SSSR count). The van der Waals surface area contributed by atoms with Crippen LogP contribution in [0.3, 0.4) is 0 Å². The third kappa shape index (κ3) is 4.79. The molecule has 1 aromatic heterocycles. The van der Waals surface area contributed by atoms with Crippen molar-refractivity contribution in [2.24, 2.45) is 0 Å². The van der Waals surface area contributed by atoms with E-state index in [0.717, 1.165) is 6.42 Å². The molecule has 0 aliphatic carbocycles. The Labute approximate surface area is 134 Å². The first-order valence-electron chi connectivity index (χ1n) is 6.85. The van der Waals surface area contributed by atoms with Crippen LogP contribution in [-0.4, -0.2) is 29.4 Å². The number of nitrogens with zero attached hydrogens (tertiary/aromatic N) is 2. The van der Waals surface area contributed by atoms with Crippen LogP contribution in [0.1, 0.15) is 36.7 Å². The van der Waals surface area contributed by atoms with Crippen LogP contribution in [0.5, 0.6) is 0 Å². The molecule has 0 saturated carbocycles. The minimum atomic E-state index is -3.59. The van der Waals surface area contributed by atoms with Crippen LogP contribution in [0, 0.1) is 0 Å². The maximum Gasteiger partial charge on any atom is 0.241 e. The Kier molecular flexibility index (Phi) is 5.55. The maximum absolute atomic E-state index is 12.1. The Hall–Kier alpha value is -1.44. The molecule has 0 spiro atoms. The fraction of sp³-hybridized carbons (Fsp3) is 0.429. The van der Waals surface area contributed by atoms with Crippen molar-refractivity contribution in [3.8, 4) is 0 Å². The lowest BCUT2D eigenvalue weighted by Crippen LogP contribution is -2.16. The number of rotatable bonds is 7. The number of aromatic nitrogens is 2.